The van der Waals surface area contributed by atoms with Gasteiger partial charge in [0.1, 0.15) is 12.7 Å². The number of fused-ring (bicyclic) bond motifs is 1. The van der Waals surface area contributed by atoms with Gasteiger partial charge in [0.2, 0.25) is 5.91 Å². The van der Waals surface area contributed by atoms with Gasteiger partial charge in [0.25, 0.3) is 0 Å². The summed E-state index contributed by atoms with van der Waals surface area (Å²) in [7, 11) is 0. The maximum atomic E-state index is 12.3. The highest BCUT2D eigenvalue weighted by Crippen LogP contribution is 2.31. The summed E-state index contributed by atoms with van der Waals surface area (Å²) in [6.45, 7) is 0.435. The molecule has 0 aromatic carbocycles. The van der Waals surface area contributed by atoms with Gasteiger partial charge < -0.3 is 5.32 Å². The van der Waals surface area contributed by atoms with Crippen LogP contribution in [0.5, 0.6) is 0 Å². The van der Waals surface area contributed by atoms with Crippen LogP contribution in [0.3, 0.4) is 0 Å². The Balaban J connectivity index is 1.28. The lowest BCUT2D eigenvalue weighted by Crippen LogP contribution is -2.34. The molecule has 8 nitrogen and oxygen atoms in total. The molecule has 4 rings (SSSR count). The molecule has 2 fully saturated rings. The molecule has 1 saturated carbocycles. The molecule has 1 aliphatic carbocycles. The normalized spacial score (nSPS) is 25.0. The van der Waals surface area contributed by atoms with Crippen LogP contribution in [-0.4, -0.2) is 37.7 Å². The summed E-state index contributed by atoms with van der Waals surface area (Å²) in [5.41, 5.74) is 7.72. The van der Waals surface area contributed by atoms with Crippen LogP contribution in [0.4, 0.5) is 0 Å². The number of amides is 1. The lowest BCUT2D eigenvalue weighted by atomic mass is 9.80. The van der Waals surface area contributed by atoms with E-state index in [9.17, 15) is 4.79 Å². The number of hydrazine groups is 1. The topological polar surface area (TPSA) is 96.8 Å². The Hall–Kier alpha value is -2.32. The minimum atomic E-state index is 0.0689. The molecule has 3 N–H and O–H groups in total. The van der Waals surface area contributed by atoms with Gasteiger partial charge in [0.15, 0.2) is 5.82 Å². The number of hydrogen-bond donors (Lipinski definition) is 3. The fourth-order valence-electron chi connectivity index (χ4n) is 4.09. The molecule has 26 heavy (non-hydrogen) atoms. The van der Waals surface area contributed by atoms with Crippen LogP contribution < -0.4 is 16.2 Å². The van der Waals surface area contributed by atoms with Gasteiger partial charge in [-0.15, -0.1) is 0 Å². The summed E-state index contributed by atoms with van der Waals surface area (Å²) < 4.78 is 1.61. The van der Waals surface area contributed by atoms with Gasteiger partial charge in [0.05, 0.1) is 0 Å². The Labute approximate surface area is 152 Å². The number of hydrogen-bond acceptors (Lipinski definition) is 6. The summed E-state index contributed by atoms with van der Waals surface area (Å²) >= 11 is 0. The zero-order valence-electron chi connectivity index (χ0n) is 14.8. The van der Waals surface area contributed by atoms with E-state index in [1.54, 1.807) is 17.2 Å². The zero-order valence-corrected chi connectivity index (χ0v) is 14.8. The molecule has 2 aliphatic rings. The molecule has 0 radical (unpaired) electrons. The van der Waals surface area contributed by atoms with Gasteiger partial charge in [-0.2, -0.15) is 5.10 Å². The Morgan fingerprint density at radius 2 is 2.23 bits per heavy atom. The largest absolute Gasteiger partial charge is 0.352 e. The van der Waals surface area contributed by atoms with Crippen molar-refractivity contribution in [1.29, 1.82) is 0 Å². The van der Waals surface area contributed by atoms with E-state index < -0.39 is 0 Å². The third kappa shape index (κ3) is 3.76. The minimum absolute atomic E-state index is 0.0689. The van der Waals surface area contributed by atoms with Crippen LogP contribution in [0.15, 0.2) is 31.0 Å². The zero-order chi connectivity index (χ0) is 17.8. The summed E-state index contributed by atoms with van der Waals surface area (Å²) in [5.74, 6) is 1.42. The lowest BCUT2D eigenvalue weighted by Gasteiger charge is -2.27. The predicted molar refractivity (Wildman–Crippen MR) is 96.0 cm³/mol. The van der Waals surface area contributed by atoms with Crippen molar-refractivity contribution in [1.82, 2.24) is 35.9 Å². The average molecular weight is 355 g/mol. The van der Waals surface area contributed by atoms with E-state index in [0.29, 0.717) is 36.8 Å². The first-order valence-electron chi connectivity index (χ1n) is 9.38. The summed E-state index contributed by atoms with van der Waals surface area (Å²) in [5, 5.41) is 7.13. The van der Waals surface area contributed by atoms with Crippen LogP contribution in [-0.2, 0) is 11.3 Å². The summed E-state index contributed by atoms with van der Waals surface area (Å²) in [6.07, 6.45) is 11.3. The molecule has 2 aromatic rings. The molecule has 138 valence electrons. The van der Waals surface area contributed by atoms with E-state index in [2.05, 4.69) is 31.2 Å². The van der Waals surface area contributed by atoms with Crippen molar-refractivity contribution in [3.8, 4) is 5.82 Å². The van der Waals surface area contributed by atoms with Crippen LogP contribution in [0, 0.1) is 5.92 Å². The van der Waals surface area contributed by atoms with Crippen LogP contribution >= 0.6 is 0 Å². The lowest BCUT2D eigenvalue weighted by molar-refractivity contribution is -0.121. The minimum Gasteiger partial charge on any atom is -0.352 e. The van der Waals surface area contributed by atoms with Crippen molar-refractivity contribution in [2.45, 2.75) is 57.2 Å². The molecule has 3 heterocycles. The quantitative estimate of drug-likeness (QED) is 0.718. The number of nitrogens with zero attached hydrogens (tertiary/aromatic N) is 4. The van der Waals surface area contributed by atoms with E-state index in [-0.39, 0.29) is 5.91 Å². The molecule has 3 unspecified atom stereocenters. The first-order chi connectivity index (χ1) is 12.8. The van der Waals surface area contributed by atoms with Gasteiger partial charge in [-0.3, -0.25) is 15.6 Å². The van der Waals surface area contributed by atoms with Gasteiger partial charge in [-0.25, -0.2) is 14.6 Å². The van der Waals surface area contributed by atoms with Gasteiger partial charge in [-0.1, -0.05) is 18.9 Å². The molecule has 8 heteroatoms. The van der Waals surface area contributed by atoms with Gasteiger partial charge >= 0.3 is 0 Å². The van der Waals surface area contributed by atoms with Crippen LogP contribution in [0.25, 0.3) is 5.82 Å². The van der Waals surface area contributed by atoms with E-state index in [1.165, 1.54) is 32.0 Å². The van der Waals surface area contributed by atoms with Gasteiger partial charge in [-0.05, 0) is 31.2 Å². The van der Waals surface area contributed by atoms with Crippen molar-refractivity contribution in [3.63, 3.8) is 0 Å². The van der Waals surface area contributed by atoms with Crippen molar-refractivity contribution in [2.24, 2.45) is 5.92 Å². The van der Waals surface area contributed by atoms with E-state index in [4.69, 9.17) is 0 Å². The summed E-state index contributed by atoms with van der Waals surface area (Å²) in [4.78, 5) is 20.6. The van der Waals surface area contributed by atoms with E-state index >= 15 is 0 Å². The first-order valence-corrected chi connectivity index (χ1v) is 9.38. The number of carbonyl (C=O) groups is 1. The highest BCUT2D eigenvalue weighted by molar-refractivity contribution is 5.76. The summed E-state index contributed by atoms with van der Waals surface area (Å²) in [6, 6.07) is 4.78. The van der Waals surface area contributed by atoms with Crippen LogP contribution in [0.2, 0.25) is 0 Å². The molecule has 0 spiro atoms. The Bertz CT molecular complexity index is 733. The molecule has 1 aliphatic heterocycles. The third-order valence-electron chi connectivity index (χ3n) is 5.45. The fraction of sp³-hybridized carbons (Fsp3) is 0.556. The van der Waals surface area contributed by atoms with Crippen molar-refractivity contribution in [3.05, 3.63) is 36.5 Å². The number of pyridine rings is 1. The highest BCUT2D eigenvalue weighted by Gasteiger charge is 2.36. The third-order valence-corrected chi connectivity index (χ3v) is 5.45. The second-order valence-corrected chi connectivity index (χ2v) is 7.09. The fourth-order valence-corrected chi connectivity index (χ4v) is 4.09. The first kappa shape index (κ1) is 17.1. The number of rotatable bonds is 6. The van der Waals surface area contributed by atoms with Gasteiger partial charge in [0, 0.05) is 36.8 Å². The van der Waals surface area contributed by atoms with Crippen molar-refractivity contribution in [2.75, 3.05) is 0 Å². The van der Waals surface area contributed by atoms with Crippen molar-refractivity contribution < 1.29 is 4.79 Å². The van der Waals surface area contributed by atoms with E-state index in [1.807, 2.05) is 12.1 Å². The monoisotopic (exact) mass is 355 g/mol. The molecular formula is C18H25N7O. The molecule has 1 amide bonds. The van der Waals surface area contributed by atoms with Crippen molar-refractivity contribution >= 4 is 5.91 Å². The highest BCUT2D eigenvalue weighted by atomic mass is 16.1. The SMILES string of the molecule is O=C(CCC1NNC2CCCCC21)NCc1cccnc1-n1cncn1. The number of nitrogens with one attached hydrogen (secondary N) is 3. The average Bonchev–Trinajstić information content (AvgIpc) is 3.35. The second-order valence-electron chi connectivity index (χ2n) is 7.09. The smallest absolute Gasteiger partial charge is 0.220 e. The Morgan fingerprint density at radius 1 is 1.31 bits per heavy atom. The second kappa shape index (κ2) is 7.92. The maximum Gasteiger partial charge on any atom is 0.220 e. The van der Waals surface area contributed by atoms with Crippen LogP contribution in [0.1, 0.15) is 44.1 Å². The Kier molecular flexibility index (Phi) is 5.21. The molecule has 1 saturated heterocycles. The van der Waals surface area contributed by atoms with E-state index in [0.717, 1.165) is 12.0 Å². The number of carbonyl (C=O) groups excluding carboxylic acids is 1. The molecule has 0 bridgehead atoms. The standard InChI is InChI=1S/C18H25N7O/c26-17(8-7-16-14-5-1-2-6-15(14)23-24-16)21-10-13-4-3-9-20-18(13)25-12-19-11-22-25/h3-4,9,11-12,14-16,23-24H,1-2,5-8,10H2,(H,21,26). The Morgan fingerprint density at radius 3 is 3.12 bits per heavy atom. The molecular weight excluding hydrogens is 330 g/mol. The molecule has 3 atom stereocenters. The predicted octanol–water partition coefficient (Wildman–Crippen LogP) is 1.09. The number of aromatic nitrogens is 4. The maximum absolute atomic E-state index is 12.3. The molecule has 2 aromatic heterocycles.